The number of anilines is 5. The van der Waals surface area contributed by atoms with Crippen LogP contribution in [-0.2, 0) is 32.7 Å². The number of rotatable bonds is 22. The van der Waals surface area contributed by atoms with Gasteiger partial charge in [0.15, 0.2) is 23.2 Å². The number of methoxy groups -OCH3 is 3. The fourth-order valence-corrected chi connectivity index (χ4v) is 9.77. The Bertz CT molecular complexity index is 4280. The molecule has 0 saturated heterocycles. The third-order valence-corrected chi connectivity index (χ3v) is 15.2. The van der Waals surface area contributed by atoms with E-state index in [1.165, 1.54) is 11.0 Å². The number of amides is 3. The normalized spacial score (nSPS) is 11.3. The lowest BCUT2D eigenvalue weighted by Crippen LogP contribution is -2.22. The molecule has 0 radical (unpaired) electrons. The maximum Gasteiger partial charge on any atom is 0.416 e. The lowest BCUT2D eigenvalue weighted by atomic mass is 10.1. The number of benzene rings is 3. The van der Waals surface area contributed by atoms with E-state index < -0.39 is 52.9 Å². The van der Waals surface area contributed by atoms with Crippen LogP contribution in [0.1, 0.15) is 47.8 Å². The molecule has 26 nitrogen and oxygen atoms in total. The van der Waals surface area contributed by atoms with Gasteiger partial charge in [-0.3, -0.25) is 45.3 Å². The van der Waals surface area contributed by atoms with Crippen LogP contribution in [0.4, 0.5) is 66.3 Å². The molecule has 0 fully saturated rings. The summed E-state index contributed by atoms with van der Waals surface area (Å²) in [7, 11) is 10.7. The summed E-state index contributed by atoms with van der Waals surface area (Å²) >= 11 is 2.81. The topological polar surface area (TPSA) is 302 Å². The molecule has 100 heavy (non-hydrogen) atoms. The number of carbonyl (C=O) groups excluding carboxylic acids is 3. The quantitative estimate of drug-likeness (QED) is 0.0362. The zero-order chi connectivity index (χ0) is 72.0. The molecular weight excluding hydrogens is 1390 g/mol. The number of hydrogen-bond donors (Lipinski definition) is 4. The molecule has 0 atom stereocenters. The molecule has 0 aliphatic rings. The minimum atomic E-state index is -4.48. The van der Waals surface area contributed by atoms with Gasteiger partial charge in [-0.05, 0) is 121 Å². The predicted molar refractivity (Wildman–Crippen MR) is 355 cm³/mol. The number of likely N-dealkylation sites (N-methyl/N-ethyl adjacent to an activating group) is 3. The number of hydrogen-bond acceptors (Lipinski definition) is 25. The van der Waals surface area contributed by atoms with E-state index in [-0.39, 0.29) is 37.9 Å². The number of nitrogens with one attached hydrogen (secondary N) is 4. The summed E-state index contributed by atoms with van der Waals surface area (Å²) in [6.45, 7) is 4.28. The van der Waals surface area contributed by atoms with E-state index in [1.807, 2.05) is 55.2 Å². The van der Waals surface area contributed by atoms with E-state index in [1.54, 1.807) is 64.2 Å². The molecule has 0 aliphatic heterocycles. The van der Waals surface area contributed by atoms with Crippen LogP contribution in [0.5, 0.6) is 5.75 Å². The average molecular weight is 1450 g/mol. The van der Waals surface area contributed by atoms with Gasteiger partial charge >= 0.3 is 18.5 Å². The summed E-state index contributed by atoms with van der Waals surface area (Å²) in [5.74, 6) is -0.506. The number of alkyl halides is 9. The van der Waals surface area contributed by atoms with Gasteiger partial charge in [0.25, 0.3) is 17.7 Å². The molecule has 4 N–H and O–H groups in total. The lowest BCUT2D eigenvalue weighted by Gasteiger charge is -2.18. The second kappa shape index (κ2) is 35.2. The predicted octanol–water partition coefficient (Wildman–Crippen LogP) is 11.6. The van der Waals surface area contributed by atoms with Crippen LogP contribution in [0.2, 0.25) is 0 Å². The first-order valence-corrected chi connectivity index (χ1v) is 31.4. The maximum atomic E-state index is 12.7. The van der Waals surface area contributed by atoms with Gasteiger partial charge in [-0.25, -0.2) is 4.98 Å². The summed E-state index contributed by atoms with van der Waals surface area (Å²) in [6, 6.07) is 25.7. The highest BCUT2D eigenvalue weighted by molar-refractivity contribution is 7.10. The van der Waals surface area contributed by atoms with Crippen LogP contribution in [0, 0.1) is 0 Å². The van der Waals surface area contributed by atoms with Crippen molar-refractivity contribution in [2.24, 2.45) is 0 Å². The first-order valence-electron chi connectivity index (χ1n) is 29.1. The standard InChI is InChI=1S/C20H11F3N8O2S.2C19H18F3N5O2S.C4H11NO/c21-20(22,23)12-5-3-11(4-6-12)18(32)27-19-26-16(29-34-19)15-10-13(7-9-24-15)33-31-17-14(28-30-31)2-1-8-25-17;2*1-27(9-10-29-2)14-7-8-23-15(11-14)16-24-18(30-26-16)25-17(28)12-3-5-13(6-4-12)19(20,21)22;1-5-3-4-6-2/h1-10H,(H,26,27,29,32);2*3-8,11H,9-10H2,1-2H3,(H,24,25,26,28);5H,3-4H2,1-2H3. The number of nitrogens with zero attached hydrogens (tertiary/aromatic N) is 15. The summed E-state index contributed by atoms with van der Waals surface area (Å²) < 4.78 is 141. The molecule has 0 saturated carbocycles. The van der Waals surface area contributed by atoms with E-state index in [2.05, 4.69) is 79.6 Å². The van der Waals surface area contributed by atoms with E-state index in [0.717, 1.165) is 132 Å². The molecule has 8 aromatic heterocycles. The SMILES string of the molecule is CNCCOC.COCCN(C)c1ccnc(-c2nsc(NC(=O)c3ccc(C(F)(F)F)cc3)n2)c1.COCCN(C)c1ccnc(-c2nsc(NC(=O)c3ccc(C(F)(F)F)cc3)n2)c1.O=C(Nc1nc(-c2cc(On3nnc4cccnc43)ccn2)ns1)c1ccc(C(F)(F)F)cc1. The molecule has 38 heteroatoms. The third-order valence-electron chi connectivity index (χ3n) is 13.3. The first kappa shape index (κ1) is 75.1. The Labute approximate surface area is 575 Å². The fourth-order valence-electron chi connectivity index (χ4n) is 8.05. The Kier molecular flexibility index (Phi) is 26.5. The highest BCUT2D eigenvalue weighted by Crippen LogP contribution is 2.33. The number of fused-ring (bicyclic) bond motifs is 1. The van der Waals surface area contributed by atoms with Gasteiger partial charge in [0.1, 0.15) is 22.6 Å². The Hall–Kier alpha value is -10.6. The Morgan fingerprint density at radius 2 is 0.870 bits per heavy atom. The van der Waals surface area contributed by atoms with Crippen molar-refractivity contribution in [2.75, 3.05) is 108 Å². The summed E-state index contributed by atoms with van der Waals surface area (Å²) in [4.78, 5) is 77.4. The monoisotopic (exact) mass is 1450 g/mol. The number of ether oxygens (including phenoxy) is 3. The molecule has 0 bridgehead atoms. The first-order chi connectivity index (χ1) is 47.8. The molecule has 0 aliphatic carbocycles. The second-order valence-electron chi connectivity index (χ2n) is 20.4. The number of carbonyl (C=O) groups is 3. The van der Waals surface area contributed by atoms with Gasteiger partial charge in [0, 0.05) is 155 Å². The van der Waals surface area contributed by atoms with Crippen LogP contribution >= 0.6 is 34.6 Å². The van der Waals surface area contributed by atoms with Crippen molar-refractivity contribution in [3.63, 3.8) is 0 Å². The summed E-state index contributed by atoms with van der Waals surface area (Å²) in [5, 5.41) is 19.0. The minimum Gasteiger partial charge on any atom is -0.383 e. The van der Waals surface area contributed by atoms with Gasteiger partial charge < -0.3 is 34.2 Å². The largest absolute Gasteiger partial charge is 0.416 e. The van der Waals surface area contributed by atoms with Gasteiger partial charge in [0.2, 0.25) is 21.0 Å². The van der Waals surface area contributed by atoms with Crippen LogP contribution in [0.3, 0.4) is 0 Å². The zero-order valence-corrected chi connectivity index (χ0v) is 55.7. The molecular formula is C62H58F9N19O7S3. The van der Waals surface area contributed by atoms with Crippen LogP contribution in [-0.4, -0.2) is 163 Å². The number of halogens is 9. The summed E-state index contributed by atoms with van der Waals surface area (Å²) in [6.07, 6.45) is -7.05. The molecule has 8 heterocycles. The smallest absolute Gasteiger partial charge is 0.383 e. The molecule has 524 valence electrons. The molecule has 11 rings (SSSR count). The van der Waals surface area contributed by atoms with Crippen molar-refractivity contribution in [2.45, 2.75) is 18.5 Å². The number of pyridine rings is 4. The van der Waals surface area contributed by atoms with Crippen molar-refractivity contribution < 1.29 is 72.9 Å². The van der Waals surface area contributed by atoms with Crippen molar-refractivity contribution in [3.8, 4) is 40.3 Å². The van der Waals surface area contributed by atoms with E-state index in [0.29, 0.717) is 71.9 Å². The highest BCUT2D eigenvalue weighted by Gasteiger charge is 2.32. The van der Waals surface area contributed by atoms with Crippen LogP contribution in [0.15, 0.2) is 146 Å². The molecule has 0 unspecified atom stereocenters. The van der Waals surface area contributed by atoms with E-state index in [4.69, 9.17) is 19.0 Å². The molecule has 0 spiro atoms. The third kappa shape index (κ3) is 21.7. The molecule has 11 aromatic rings. The maximum absolute atomic E-state index is 12.7. The highest BCUT2D eigenvalue weighted by atomic mass is 32.1. The zero-order valence-electron chi connectivity index (χ0n) is 53.3. The van der Waals surface area contributed by atoms with Gasteiger partial charge in [-0.1, -0.05) is 4.85 Å². The fraction of sp³-hybridized carbons (Fsp3) is 0.242. The van der Waals surface area contributed by atoms with Gasteiger partial charge in [-0.15, -0.1) is 5.10 Å². The van der Waals surface area contributed by atoms with Crippen molar-refractivity contribution in [1.82, 2.24) is 68.5 Å². The lowest BCUT2D eigenvalue weighted by molar-refractivity contribution is -0.138. The minimum absolute atomic E-state index is 0.0481. The van der Waals surface area contributed by atoms with Crippen LogP contribution < -0.4 is 35.9 Å². The average Bonchev–Trinajstić information content (AvgIpc) is 1.61. The number of aromatic nitrogens is 13. The second-order valence-corrected chi connectivity index (χ2v) is 22.6. The van der Waals surface area contributed by atoms with Crippen molar-refractivity contribution in [3.05, 3.63) is 179 Å². The van der Waals surface area contributed by atoms with E-state index >= 15 is 0 Å². The summed E-state index contributed by atoms with van der Waals surface area (Å²) in [5.41, 5.74) is 1.96. The van der Waals surface area contributed by atoms with E-state index in [9.17, 15) is 53.9 Å². The van der Waals surface area contributed by atoms with Crippen LogP contribution in [0.25, 0.3) is 45.7 Å². The van der Waals surface area contributed by atoms with Gasteiger partial charge in [0.05, 0.1) is 36.5 Å². The Morgan fingerprint density at radius 3 is 1.23 bits per heavy atom. The molecule has 3 amide bonds. The Balaban J connectivity index is 0.000000183. The van der Waals surface area contributed by atoms with Crippen molar-refractivity contribution in [1.29, 1.82) is 0 Å². The van der Waals surface area contributed by atoms with Crippen molar-refractivity contribution >= 4 is 90.3 Å². The Morgan fingerprint density at radius 1 is 0.490 bits per heavy atom. The van der Waals surface area contributed by atoms with Gasteiger partial charge in [-0.2, -0.15) is 67.6 Å². The molecule has 3 aromatic carbocycles.